The van der Waals surface area contributed by atoms with Gasteiger partial charge in [-0.25, -0.2) is 9.97 Å². The van der Waals surface area contributed by atoms with Crippen molar-refractivity contribution in [1.82, 2.24) is 15.0 Å². The molecule has 2 N–H and O–H groups in total. The molecule has 112 valence electrons. The first-order valence-electron chi connectivity index (χ1n) is 6.61. The van der Waals surface area contributed by atoms with Crippen LogP contribution in [0.2, 0.25) is 5.02 Å². The van der Waals surface area contributed by atoms with E-state index in [1.807, 2.05) is 25.1 Å². The van der Waals surface area contributed by atoms with Gasteiger partial charge in [-0.1, -0.05) is 29.4 Å². The van der Waals surface area contributed by atoms with Gasteiger partial charge < -0.3 is 10.3 Å². The predicted octanol–water partition coefficient (Wildman–Crippen LogP) is 3.65. The van der Waals surface area contributed by atoms with Crippen molar-refractivity contribution in [1.29, 1.82) is 0 Å². The lowest BCUT2D eigenvalue weighted by atomic mass is 10.2. The Labute approximate surface area is 136 Å². The molecule has 0 aliphatic carbocycles. The minimum Gasteiger partial charge on any atom is -0.333 e. The zero-order chi connectivity index (χ0) is 15.5. The molecular weight excluding hydrogens is 320 g/mol. The Bertz CT molecular complexity index is 816. The van der Waals surface area contributed by atoms with Crippen LogP contribution in [0.25, 0.3) is 11.0 Å². The molecule has 2 heterocycles. The maximum atomic E-state index is 11.9. The highest BCUT2D eigenvalue weighted by Gasteiger charge is 2.08. The summed E-state index contributed by atoms with van der Waals surface area (Å²) in [4.78, 5) is 23.6. The van der Waals surface area contributed by atoms with E-state index in [4.69, 9.17) is 11.6 Å². The number of pyridine rings is 1. The number of aromatic nitrogens is 3. The SMILES string of the molecule is Cc1ccc2nc(SCC(=O)Nc3ccc(Cl)cn3)[nH]c2c1. The van der Waals surface area contributed by atoms with E-state index in [2.05, 4.69) is 20.3 Å². The molecule has 5 nitrogen and oxygen atoms in total. The Morgan fingerprint density at radius 2 is 2.23 bits per heavy atom. The lowest BCUT2D eigenvalue weighted by Gasteiger charge is -2.02. The van der Waals surface area contributed by atoms with Crippen molar-refractivity contribution in [3.8, 4) is 0 Å². The number of nitrogens with zero attached hydrogens (tertiary/aromatic N) is 2. The van der Waals surface area contributed by atoms with Crippen LogP contribution in [0.5, 0.6) is 0 Å². The van der Waals surface area contributed by atoms with E-state index in [1.165, 1.54) is 23.5 Å². The molecule has 7 heteroatoms. The van der Waals surface area contributed by atoms with Gasteiger partial charge in [0.05, 0.1) is 21.8 Å². The summed E-state index contributed by atoms with van der Waals surface area (Å²) < 4.78 is 0. The maximum absolute atomic E-state index is 11.9. The normalized spacial score (nSPS) is 10.8. The second-order valence-electron chi connectivity index (χ2n) is 4.76. The molecule has 2 aromatic heterocycles. The molecule has 0 spiro atoms. The molecule has 1 aromatic carbocycles. The van der Waals surface area contributed by atoms with Crippen LogP contribution in [0.1, 0.15) is 5.56 Å². The van der Waals surface area contributed by atoms with Crippen LogP contribution in [0, 0.1) is 6.92 Å². The molecule has 3 aromatic rings. The number of benzene rings is 1. The zero-order valence-electron chi connectivity index (χ0n) is 11.8. The van der Waals surface area contributed by atoms with Crippen LogP contribution in [0.4, 0.5) is 5.82 Å². The number of nitrogens with one attached hydrogen (secondary N) is 2. The van der Waals surface area contributed by atoms with Crippen molar-refractivity contribution >= 4 is 46.1 Å². The summed E-state index contributed by atoms with van der Waals surface area (Å²) in [5.41, 5.74) is 3.04. The van der Waals surface area contributed by atoms with E-state index in [-0.39, 0.29) is 11.7 Å². The van der Waals surface area contributed by atoms with Gasteiger partial charge in [0, 0.05) is 6.20 Å². The number of hydrogen-bond donors (Lipinski definition) is 2. The minimum atomic E-state index is -0.142. The highest BCUT2D eigenvalue weighted by molar-refractivity contribution is 7.99. The van der Waals surface area contributed by atoms with Crippen molar-refractivity contribution in [3.63, 3.8) is 0 Å². The molecule has 0 bridgehead atoms. The Hall–Kier alpha value is -2.05. The van der Waals surface area contributed by atoms with Gasteiger partial charge in [-0.15, -0.1) is 0 Å². The van der Waals surface area contributed by atoms with Gasteiger partial charge in [0.1, 0.15) is 5.82 Å². The van der Waals surface area contributed by atoms with Crippen molar-refractivity contribution in [2.45, 2.75) is 12.1 Å². The summed E-state index contributed by atoms with van der Waals surface area (Å²) in [5.74, 6) is 0.593. The van der Waals surface area contributed by atoms with E-state index in [1.54, 1.807) is 12.1 Å². The van der Waals surface area contributed by atoms with E-state index in [9.17, 15) is 4.79 Å². The molecule has 0 unspecified atom stereocenters. The minimum absolute atomic E-state index is 0.142. The Balaban J connectivity index is 1.61. The topological polar surface area (TPSA) is 70.7 Å². The van der Waals surface area contributed by atoms with E-state index >= 15 is 0 Å². The van der Waals surface area contributed by atoms with Gasteiger partial charge in [0.2, 0.25) is 5.91 Å². The first-order chi connectivity index (χ1) is 10.6. The van der Waals surface area contributed by atoms with Crippen molar-refractivity contribution in [2.75, 3.05) is 11.1 Å². The van der Waals surface area contributed by atoms with E-state index in [0.717, 1.165) is 16.2 Å². The van der Waals surface area contributed by atoms with Gasteiger partial charge in [0.15, 0.2) is 5.16 Å². The highest BCUT2D eigenvalue weighted by Crippen LogP contribution is 2.20. The molecule has 1 amide bonds. The van der Waals surface area contributed by atoms with Crippen LogP contribution >= 0.6 is 23.4 Å². The lowest BCUT2D eigenvalue weighted by molar-refractivity contribution is -0.113. The molecule has 3 rings (SSSR count). The van der Waals surface area contributed by atoms with Crippen molar-refractivity contribution in [3.05, 3.63) is 47.1 Å². The van der Waals surface area contributed by atoms with Crippen LogP contribution in [-0.2, 0) is 4.79 Å². The number of amides is 1. The second kappa shape index (κ2) is 6.37. The smallest absolute Gasteiger partial charge is 0.236 e. The molecule has 0 saturated heterocycles. The number of carbonyl (C=O) groups is 1. The number of anilines is 1. The van der Waals surface area contributed by atoms with Gasteiger partial charge in [-0.3, -0.25) is 4.79 Å². The molecule has 0 saturated carbocycles. The summed E-state index contributed by atoms with van der Waals surface area (Å²) in [6.45, 7) is 2.03. The van der Waals surface area contributed by atoms with Gasteiger partial charge in [-0.05, 0) is 36.8 Å². The highest BCUT2D eigenvalue weighted by atomic mass is 35.5. The lowest BCUT2D eigenvalue weighted by Crippen LogP contribution is -2.14. The first kappa shape index (κ1) is 14.9. The number of fused-ring (bicyclic) bond motifs is 1. The number of thioether (sulfide) groups is 1. The molecule has 0 atom stereocenters. The third-order valence-electron chi connectivity index (χ3n) is 2.95. The fourth-order valence-electron chi connectivity index (χ4n) is 1.93. The van der Waals surface area contributed by atoms with Crippen molar-refractivity contribution < 1.29 is 4.79 Å². The Morgan fingerprint density at radius 1 is 1.36 bits per heavy atom. The largest absolute Gasteiger partial charge is 0.333 e. The summed E-state index contributed by atoms with van der Waals surface area (Å²) in [5, 5.41) is 3.97. The predicted molar refractivity (Wildman–Crippen MR) is 89.4 cm³/mol. The van der Waals surface area contributed by atoms with Crippen LogP contribution in [0.15, 0.2) is 41.7 Å². The van der Waals surface area contributed by atoms with Crippen molar-refractivity contribution in [2.24, 2.45) is 0 Å². The third-order valence-corrected chi connectivity index (χ3v) is 4.05. The van der Waals surface area contributed by atoms with Crippen LogP contribution < -0.4 is 5.32 Å². The Kier molecular flexibility index (Phi) is 4.31. The van der Waals surface area contributed by atoms with Gasteiger partial charge >= 0.3 is 0 Å². The maximum Gasteiger partial charge on any atom is 0.236 e. The van der Waals surface area contributed by atoms with Crippen LogP contribution in [0.3, 0.4) is 0 Å². The zero-order valence-corrected chi connectivity index (χ0v) is 13.3. The monoisotopic (exact) mass is 332 g/mol. The summed E-state index contributed by atoms with van der Waals surface area (Å²) in [7, 11) is 0. The Morgan fingerprint density at radius 3 is 3.00 bits per heavy atom. The molecular formula is C15H13ClN4OS. The van der Waals surface area contributed by atoms with Gasteiger partial charge in [0.25, 0.3) is 0 Å². The van der Waals surface area contributed by atoms with E-state index < -0.39 is 0 Å². The number of H-pyrrole nitrogens is 1. The number of imidazole rings is 1. The molecule has 0 fully saturated rings. The molecule has 0 aliphatic heterocycles. The number of rotatable bonds is 4. The average Bonchev–Trinajstić information content (AvgIpc) is 2.89. The molecule has 0 radical (unpaired) electrons. The summed E-state index contributed by atoms with van der Waals surface area (Å²) >= 11 is 7.10. The second-order valence-corrected chi connectivity index (χ2v) is 6.16. The number of aromatic amines is 1. The number of halogens is 1. The van der Waals surface area contributed by atoms with Crippen LogP contribution in [-0.4, -0.2) is 26.6 Å². The molecule has 22 heavy (non-hydrogen) atoms. The summed E-state index contributed by atoms with van der Waals surface area (Å²) in [6.07, 6.45) is 1.49. The number of carbonyl (C=O) groups excluding carboxylic acids is 1. The standard InChI is InChI=1S/C15H13ClN4OS/c1-9-2-4-11-12(6-9)19-15(18-11)22-8-14(21)20-13-5-3-10(16)7-17-13/h2-7H,8H2,1H3,(H,18,19)(H,17,20,21). The first-order valence-corrected chi connectivity index (χ1v) is 7.97. The number of hydrogen-bond acceptors (Lipinski definition) is 4. The fourth-order valence-corrected chi connectivity index (χ4v) is 2.73. The quantitative estimate of drug-likeness (QED) is 0.715. The molecule has 0 aliphatic rings. The van der Waals surface area contributed by atoms with Gasteiger partial charge in [-0.2, -0.15) is 0 Å². The fraction of sp³-hybridized carbons (Fsp3) is 0.133. The number of aryl methyl sites for hydroxylation is 1. The summed E-state index contributed by atoms with van der Waals surface area (Å²) in [6, 6.07) is 9.34. The average molecular weight is 333 g/mol. The van der Waals surface area contributed by atoms with E-state index in [0.29, 0.717) is 10.8 Å². The third kappa shape index (κ3) is 3.58.